The van der Waals surface area contributed by atoms with Gasteiger partial charge in [0.15, 0.2) is 0 Å². The van der Waals surface area contributed by atoms with Crippen molar-refractivity contribution in [3.05, 3.63) is 94.5 Å². The van der Waals surface area contributed by atoms with Crippen molar-refractivity contribution in [3.63, 3.8) is 0 Å². The molecule has 1 fully saturated rings. The van der Waals surface area contributed by atoms with Crippen LogP contribution in [0.1, 0.15) is 66.8 Å². The largest absolute Gasteiger partial charge is 0.311 e. The molecule has 0 bridgehead atoms. The van der Waals surface area contributed by atoms with E-state index >= 15 is 0 Å². The van der Waals surface area contributed by atoms with Crippen LogP contribution < -0.4 is 0 Å². The fourth-order valence-electron chi connectivity index (χ4n) is 5.69. The third kappa shape index (κ3) is 4.96. The number of amides is 1. The molecule has 2 aromatic carbocycles. The molecular formula is C29H33FN2O. The molecule has 2 heterocycles. The fourth-order valence-corrected chi connectivity index (χ4v) is 5.69. The highest BCUT2D eigenvalue weighted by Gasteiger charge is 2.30. The first kappa shape index (κ1) is 22.1. The van der Waals surface area contributed by atoms with E-state index < -0.39 is 0 Å². The molecule has 0 radical (unpaired) electrons. The van der Waals surface area contributed by atoms with Crippen LogP contribution in [0.5, 0.6) is 0 Å². The minimum Gasteiger partial charge on any atom is -0.311 e. The number of benzene rings is 2. The van der Waals surface area contributed by atoms with E-state index in [1.807, 2.05) is 4.90 Å². The van der Waals surface area contributed by atoms with E-state index in [1.54, 1.807) is 12.1 Å². The molecule has 1 aliphatic carbocycles. The topological polar surface area (TPSA) is 23.6 Å². The van der Waals surface area contributed by atoms with Gasteiger partial charge in [-0.3, -0.25) is 4.79 Å². The standard InChI is InChI=1S/C29H33FN2O/c30-26-12-10-25(11-13-26)29(33)32-21-16-24-8-4-5-9-27(24)28(32)17-20-31-18-14-23(15-19-31)22-6-2-1-3-7-22/h1-3,6-8,10-13,23H,4-5,9,14-21H2. The van der Waals surface area contributed by atoms with E-state index in [9.17, 15) is 9.18 Å². The maximum Gasteiger partial charge on any atom is 0.258 e. The van der Waals surface area contributed by atoms with Crippen molar-refractivity contribution in [3.8, 4) is 0 Å². The molecule has 3 nitrogen and oxygen atoms in total. The van der Waals surface area contributed by atoms with Gasteiger partial charge in [-0.2, -0.15) is 0 Å². The summed E-state index contributed by atoms with van der Waals surface area (Å²) < 4.78 is 13.4. The van der Waals surface area contributed by atoms with Gasteiger partial charge in [0.05, 0.1) is 0 Å². The molecule has 2 aliphatic heterocycles. The Bertz CT molecular complexity index is 1030. The molecular weight excluding hydrogens is 411 g/mol. The van der Waals surface area contributed by atoms with Crippen LogP contribution in [-0.2, 0) is 0 Å². The molecule has 4 heteroatoms. The molecule has 2 aromatic rings. The summed E-state index contributed by atoms with van der Waals surface area (Å²) in [5, 5.41) is 0. The summed E-state index contributed by atoms with van der Waals surface area (Å²) >= 11 is 0. The first-order valence-corrected chi connectivity index (χ1v) is 12.5. The molecule has 5 rings (SSSR count). The molecule has 0 saturated carbocycles. The van der Waals surface area contributed by atoms with Crippen molar-refractivity contribution in [1.82, 2.24) is 9.80 Å². The van der Waals surface area contributed by atoms with Gasteiger partial charge in [0.25, 0.3) is 5.91 Å². The van der Waals surface area contributed by atoms with E-state index in [0.717, 1.165) is 58.3 Å². The van der Waals surface area contributed by atoms with Gasteiger partial charge < -0.3 is 9.80 Å². The van der Waals surface area contributed by atoms with Crippen molar-refractivity contribution in [2.24, 2.45) is 0 Å². The Morgan fingerprint density at radius 2 is 1.70 bits per heavy atom. The van der Waals surface area contributed by atoms with Crippen LogP contribution in [0.4, 0.5) is 4.39 Å². The minimum atomic E-state index is -0.305. The predicted octanol–water partition coefficient (Wildman–Crippen LogP) is 6.31. The van der Waals surface area contributed by atoms with Gasteiger partial charge in [-0.25, -0.2) is 4.39 Å². The second-order valence-corrected chi connectivity index (χ2v) is 9.54. The Hall–Kier alpha value is -2.72. The average Bonchev–Trinajstić information content (AvgIpc) is 2.88. The average molecular weight is 445 g/mol. The summed E-state index contributed by atoms with van der Waals surface area (Å²) in [6, 6.07) is 16.9. The second-order valence-electron chi connectivity index (χ2n) is 9.54. The lowest BCUT2D eigenvalue weighted by molar-refractivity contribution is 0.0789. The molecule has 0 aromatic heterocycles. The molecule has 3 aliphatic rings. The summed E-state index contributed by atoms with van der Waals surface area (Å²) in [4.78, 5) is 17.9. The minimum absolute atomic E-state index is 0.00455. The van der Waals surface area contributed by atoms with E-state index in [2.05, 4.69) is 41.3 Å². The fraction of sp³-hybridized carbons (Fsp3) is 0.414. The zero-order chi connectivity index (χ0) is 22.6. The van der Waals surface area contributed by atoms with Gasteiger partial charge in [0.2, 0.25) is 0 Å². The second kappa shape index (κ2) is 10.0. The van der Waals surface area contributed by atoms with Crippen molar-refractivity contribution < 1.29 is 9.18 Å². The van der Waals surface area contributed by atoms with Crippen molar-refractivity contribution >= 4 is 5.91 Å². The normalized spacial score (nSPS) is 19.9. The van der Waals surface area contributed by atoms with Gasteiger partial charge in [0.1, 0.15) is 5.82 Å². The van der Waals surface area contributed by atoms with Crippen LogP contribution in [-0.4, -0.2) is 41.9 Å². The van der Waals surface area contributed by atoms with Crippen molar-refractivity contribution in [2.75, 3.05) is 26.2 Å². The highest BCUT2D eigenvalue weighted by molar-refractivity contribution is 5.95. The summed E-state index contributed by atoms with van der Waals surface area (Å²) in [5.74, 6) is 0.355. The van der Waals surface area contributed by atoms with Crippen LogP contribution in [0, 0.1) is 5.82 Å². The molecule has 0 atom stereocenters. The number of halogens is 1. The summed E-state index contributed by atoms with van der Waals surface area (Å²) in [7, 11) is 0. The number of fused-ring (bicyclic) bond motifs is 1. The lowest BCUT2D eigenvalue weighted by atomic mass is 9.85. The van der Waals surface area contributed by atoms with Crippen LogP contribution in [0.15, 0.2) is 77.5 Å². The summed E-state index contributed by atoms with van der Waals surface area (Å²) in [5.41, 5.74) is 6.07. The van der Waals surface area contributed by atoms with E-state index in [-0.39, 0.29) is 11.7 Å². The van der Waals surface area contributed by atoms with E-state index in [0.29, 0.717) is 11.5 Å². The third-order valence-electron chi connectivity index (χ3n) is 7.55. The highest BCUT2D eigenvalue weighted by atomic mass is 19.1. The number of rotatable bonds is 5. The monoisotopic (exact) mass is 444 g/mol. The number of hydrogen-bond acceptors (Lipinski definition) is 2. The lowest BCUT2D eigenvalue weighted by Gasteiger charge is -2.37. The lowest BCUT2D eigenvalue weighted by Crippen LogP contribution is -2.39. The number of nitrogens with zero attached hydrogens (tertiary/aromatic N) is 2. The third-order valence-corrected chi connectivity index (χ3v) is 7.55. The van der Waals surface area contributed by atoms with Crippen LogP contribution in [0.2, 0.25) is 0 Å². The Morgan fingerprint density at radius 3 is 2.45 bits per heavy atom. The van der Waals surface area contributed by atoms with Gasteiger partial charge >= 0.3 is 0 Å². The number of piperidine rings is 1. The van der Waals surface area contributed by atoms with Gasteiger partial charge in [-0.1, -0.05) is 36.4 Å². The Kier molecular flexibility index (Phi) is 6.73. The Balaban J connectivity index is 1.29. The molecule has 1 amide bonds. The van der Waals surface area contributed by atoms with Gasteiger partial charge in [0, 0.05) is 30.8 Å². The van der Waals surface area contributed by atoms with Crippen LogP contribution >= 0.6 is 0 Å². The zero-order valence-corrected chi connectivity index (χ0v) is 19.3. The highest BCUT2D eigenvalue weighted by Crippen LogP contribution is 2.37. The quantitative estimate of drug-likeness (QED) is 0.540. The van der Waals surface area contributed by atoms with Crippen LogP contribution in [0.3, 0.4) is 0 Å². The van der Waals surface area contributed by atoms with Gasteiger partial charge in [-0.15, -0.1) is 0 Å². The van der Waals surface area contributed by atoms with Crippen molar-refractivity contribution in [2.45, 2.75) is 50.9 Å². The summed E-state index contributed by atoms with van der Waals surface area (Å²) in [6.07, 6.45) is 9.95. The Labute approximate surface area is 196 Å². The van der Waals surface area contributed by atoms with Gasteiger partial charge in [-0.05, 0) is 98.5 Å². The zero-order valence-electron chi connectivity index (χ0n) is 19.3. The first-order chi connectivity index (χ1) is 16.2. The number of hydrogen-bond donors (Lipinski definition) is 0. The van der Waals surface area contributed by atoms with Crippen molar-refractivity contribution in [1.29, 1.82) is 0 Å². The maximum atomic E-state index is 13.4. The number of carbonyl (C=O) groups excluding carboxylic acids is 1. The molecule has 1 saturated heterocycles. The smallest absolute Gasteiger partial charge is 0.258 e. The summed E-state index contributed by atoms with van der Waals surface area (Å²) in [6.45, 7) is 3.92. The van der Waals surface area contributed by atoms with E-state index in [4.69, 9.17) is 0 Å². The SMILES string of the molecule is O=C(c1ccc(F)cc1)N1CCC2=CCCCC2=C1CCN1CCC(c2ccccc2)CC1. The molecule has 33 heavy (non-hydrogen) atoms. The molecule has 0 N–H and O–H groups in total. The molecule has 172 valence electrons. The first-order valence-electron chi connectivity index (χ1n) is 12.5. The number of carbonyl (C=O) groups is 1. The molecule has 0 spiro atoms. The number of likely N-dealkylation sites (tertiary alicyclic amines) is 1. The Morgan fingerprint density at radius 1 is 0.939 bits per heavy atom. The van der Waals surface area contributed by atoms with E-state index in [1.165, 1.54) is 47.4 Å². The predicted molar refractivity (Wildman–Crippen MR) is 130 cm³/mol. The molecule has 0 unspecified atom stereocenters. The van der Waals surface area contributed by atoms with Crippen LogP contribution in [0.25, 0.3) is 0 Å². The maximum absolute atomic E-state index is 13.4. The number of allylic oxidation sites excluding steroid dienone is 2.